The molecule has 0 atom stereocenters. The lowest BCUT2D eigenvalue weighted by molar-refractivity contribution is -0.386. The van der Waals surface area contributed by atoms with Crippen LogP contribution in [0.15, 0.2) is 16.6 Å². The van der Waals surface area contributed by atoms with Gasteiger partial charge >= 0.3 is 5.69 Å². The van der Waals surface area contributed by atoms with Crippen LogP contribution in [0.5, 0.6) is 5.75 Å². The number of aryl methyl sites for hydroxylation is 1. The van der Waals surface area contributed by atoms with Crippen molar-refractivity contribution in [2.75, 3.05) is 11.9 Å². The van der Waals surface area contributed by atoms with Crippen molar-refractivity contribution < 1.29 is 9.66 Å². The molecule has 1 saturated carbocycles. The van der Waals surface area contributed by atoms with Crippen molar-refractivity contribution in [3.05, 3.63) is 32.3 Å². The van der Waals surface area contributed by atoms with Crippen molar-refractivity contribution in [2.24, 2.45) is 5.41 Å². The highest BCUT2D eigenvalue weighted by Crippen LogP contribution is 2.44. The molecule has 0 aliphatic heterocycles. The molecule has 0 radical (unpaired) electrons. The van der Waals surface area contributed by atoms with Gasteiger partial charge in [-0.25, -0.2) is 0 Å². The van der Waals surface area contributed by atoms with Gasteiger partial charge in [-0.3, -0.25) is 10.1 Å². The number of hydrogen-bond donors (Lipinski definition) is 0. The summed E-state index contributed by atoms with van der Waals surface area (Å²) in [5.41, 5.74) is 0.953. The van der Waals surface area contributed by atoms with Crippen LogP contribution in [0, 0.1) is 22.5 Å². The van der Waals surface area contributed by atoms with Gasteiger partial charge in [-0.05, 0) is 31.4 Å². The van der Waals surface area contributed by atoms with Gasteiger partial charge in [0.1, 0.15) is 0 Å². The topological polar surface area (TPSA) is 52.4 Å². The van der Waals surface area contributed by atoms with Crippen molar-refractivity contribution in [2.45, 2.75) is 26.2 Å². The van der Waals surface area contributed by atoms with Crippen LogP contribution in [0.3, 0.4) is 0 Å². The van der Waals surface area contributed by atoms with E-state index in [0.29, 0.717) is 16.8 Å². The summed E-state index contributed by atoms with van der Waals surface area (Å²) in [6.45, 7) is 2.36. The molecule has 1 fully saturated rings. The number of benzene rings is 1. The van der Waals surface area contributed by atoms with Crippen molar-refractivity contribution in [3.8, 4) is 5.75 Å². The minimum atomic E-state index is -0.394. The molecule has 0 aromatic heterocycles. The maximum atomic E-state index is 11.1. The Morgan fingerprint density at radius 2 is 2.16 bits per heavy atom. The second-order valence-corrected chi connectivity index (χ2v) is 6.58. The molecule has 2 rings (SSSR count). The fourth-order valence-corrected chi connectivity index (χ4v) is 3.54. The molecule has 1 aliphatic rings. The SMILES string of the molecule is Cc1cc(Br)cc([N+](=O)[O-])c1OCC1(CBr)CCC1. The van der Waals surface area contributed by atoms with Gasteiger partial charge in [0, 0.05) is 21.3 Å². The summed E-state index contributed by atoms with van der Waals surface area (Å²) in [7, 11) is 0. The maximum absolute atomic E-state index is 11.1. The fraction of sp³-hybridized carbons (Fsp3) is 0.538. The Morgan fingerprint density at radius 1 is 1.47 bits per heavy atom. The number of alkyl halides is 1. The summed E-state index contributed by atoms with van der Waals surface area (Å²) in [5.74, 6) is 0.389. The summed E-state index contributed by atoms with van der Waals surface area (Å²) in [6.07, 6.45) is 3.43. The quantitative estimate of drug-likeness (QED) is 0.417. The Balaban J connectivity index is 2.22. The monoisotopic (exact) mass is 391 g/mol. The van der Waals surface area contributed by atoms with Crippen LogP contribution in [0.4, 0.5) is 5.69 Å². The Morgan fingerprint density at radius 3 is 2.63 bits per heavy atom. The maximum Gasteiger partial charge on any atom is 0.312 e. The predicted molar refractivity (Wildman–Crippen MR) is 81.1 cm³/mol. The first-order valence-electron chi connectivity index (χ1n) is 6.11. The summed E-state index contributed by atoms with van der Waals surface area (Å²) < 4.78 is 6.49. The highest BCUT2D eigenvalue weighted by molar-refractivity contribution is 9.10. The van der Waals surface area contributed by atoms with Crippen LogP contribution in [-0.2, 0) is 0 Å². The normalized spacial score (nSPS) is 16.8. The van der Waals surface area contributed by atoms with Gasteiger partial charge in [0.2, 0.25) is 0 Å². The first-order chi connectivity index (χ1) is 8.97. The summed E-state index contributed by atoms with van der Waals surface area (Å²) in [5, 5.41) is 12.0. The summed E-state index contributed by atoms with van der Waals surface area (Å²) in [4.78, 5) is 10.7. The molecule has 0 saturated heterocycles. The van der Waals surface area contributed by atoms with E-state index in [0.717, 1.165) is 23.7 Å². The van der Waals surface area contributed by atoms with E-state index in [1.54, 1.807) is 0 Å². The number of nitrogens with zero attached hydrogens (tertiary/aromatic N) is 1. The van der Waals surface area contributed by atoms with Gasteiger partial charge in [-0.2, -0.15) is 0 Å². The second-order valence-electron chi connectivity index (χ2n) is 5.10. The third kappa shape index (κ3) is 3.11. The van der Waals surface area contributed by atoms with E-state index in [2.05, 4.69) is 31.9 Å². The van der Waals surface area contributed by atoms with Crippen LogP contribution in [0.25, 0.3) is 0 Å². The summed E-state index contributed by atoms with van der Waals surface area (Å²) >= 11 is 6.79. The Labute approximate surface area is 128 Å². The lowest BCUT2D eigenvalue weighted by Gasteiger charge is -2.39. The number of nitro groups is 1. The number of hydrogen-bond acceptors (Lipinski definition) is 3. The highest BCUT2D eigenvalue weighted by Gasteiger charge is 2.37. The molecule has 1 aliphatic carbocycles. The molecule has 1 aromatic carbocycles. The van der Waals surface area contributed by atoms with Gasteiger partial charge in [-0.1, -0.05) is 38.3 Å². The predicted octanol–water partition coefficient (Wildman–Crippen LogP) is 4.61. The molecule has 19 heavy (non-hydrogen) atoms. The Kier molecular flexibility index (Phi) is 4.50. The molecule has 104 valence electrons. The van der Waals surface area contributed by atoms with Crippen LogP contribution < -0.4 is 4.74 Å². The van der Waals surface area contributed by atoms with Gasteiger partial charge in [-0.15, -0.1) is 0 Å². The largest absolute Gasteiger partial charge is 0.486 e. The Hall–Kier alpha value is -0.620. The van der Waals surface area contributed by atoms with E-state index < -0.39 is 4.92 Å². The third-order valence-corrected chi connectivity index (χ3v) is 5.28. The fourth-order valence-electron chi connectivity index (χ4n) is 2.25. The van der Waals surface area contributed by atoms with Crippen LogP contribution >= 0.6 is 31.9 Å². The van der Waals surface area contributed by atoms with E-state index in [1.807, 2.05) is 13.0 Å². The zero-order valence-corrected chi connectivity index (χ0v) is 13.8. The van der Waals surface area contributed by atoms with E-state index in [4.69, 9.17) is 4.74 Å². The highest BCUT2D eigenvalue weighted by atomic mass is 79.9. The molecule has 0 amide bonds. The third-order valence-electron chi connectivity index (χ3n) is 3.64. The minimum absolute atomic E-state index is 0.0240. The summed E-state index contributed by atoms with van der Waals surface area (Å²) in [6, 6.07) is 3.33. The van der Waals surface area contributed by atoms with E-state index in [-0.39, 0.29) is 11.1 Å². The first kappa shape index (κ1) is 14.8. The molecule has 0 unspecified atom stereocenters. The zero-order chi connectivity index (χ0) is 14.0. The standard InChI is InChI=1S/C13H15Br2NO3/c1-9-5-10(15)6-11(16(17)18)12(9)19-8-13(7-14)3-2-4-13/h5-6H,2-4,7-8H2,1H3. The van der Waals surface area contributed by atoms with Crippen molar-refractivity contribution >= 4 is 37.5 Å². The molecular weight excluding hydrogens is 378 g/mol. The first-order valence-corrected chi connectivity index (χ1v) is 8.02. The average molecular weight is 393 g/mol. The lowest BCUT2D eigenvalue weighted by Crippen LogP contribution is -2.37. The Bertz CT molecular complexity index is 495. The lowest BCUT2D eigenvalue weighted by atomic mass is 9.71. The second kappa shape index (κ2) is 5.79. The number of ether oxygens (including phenoxy) is 1. The molecule has 1 aromatic rings. The molecule has 6 heteroatoms. The molecule has 0 heterocycles. The molecular formula is C13H15Br2NO3. The van der Waals surface area contributed by atoms with E-state index >= 15 is 0 Å². The number of rotatable bonds is 5. The van der Waals surface area contributed by atoms with Crippen LogP contribution in [0.1, 0.15) is 24.8 Å². The number of nitro benzene ring substituents is 1. The van der Waals surface area contributed by atoms with Gasteiger partial charge < -0.3 is 4.74 Å². The van der Waals surface area contributed by atoms with Crippen molar-refractivity contribution in [3.63, 3.8) is 0 Å². The minimum Gasteiger partial charge on any atom is -0.486 e. The number of halogens is 2. The van der Waals surface area contributed by atoms with Crippen molar-refractivity contribution in [1.82, 2.24) is 0 Å². The van der Waals surface area contributed by atoms with E-state index in [1.165, 1.54) is 12.5 Å². The molecule has 0 N–H and O–H groups in total. The van der Waals surface area contributed by atoms with Gasteiger partial charge in [0.15, 0.2) is 5.75 Å². The molecule has 4 nitrogen and oxygen atoms in total. The van der Waals surface area contributed by atoms with E-state index in [9.17, 15) is 10.1 Å². The molecule has 0 bridgehead atoms. The zero-order valence-electron chi connectivity index (χ0n) is 10.6. The molecule has 0 spiro atoms. The average Bonchev–Trinajstić information content (AvgIpc) is 2.29. The van der Waals surface area contributed by atoms with Gasteiger partial charge in [0.05, 0.1) is 11.5 Å². The van der Waals surface area contributed by atoms with Crippen LogP contribution in [0.2, 0.25) is 0 Å². The van der Waals surface area contributed by atoms with Crippen LogP contribution in [-0.4, -0.2) is 16.9 Å². The van der Waals surface area contributed by atoms with Gasteiger partial charge in [0.25, 0.3) is 0 Å². The smallest absolute Gasteiger partial charge is 0.312 e. The van der Waals surface area contributed by atoms with Crippen molar-refractivity contribution in [1.29, 1.82) is 0 Å².